The first-order valence-electron chi connectivity index (χ1n) is 8.12. The van der Waals surface area contributed by atoms with E-state index >= 15 is 0 Å². The molecule has 1 heterocycles. The quantitative estimate of drug-likeness (QED) is 0.753. The highest BCUT2D eigenvalue weighted by Crippen LogP contribution is 2.16. The van der Waals surface area contributed by atoms with E-state index in [2.05, 4.69) is 5.32 Å². The average Bonchev–Trinajstić information content (AvgIpc) is 2.81. The van der Waals surface area contributed by atoms with Crippen LogP contribution >= 0.6 is 0 Å². The minimum Gasteiger partial charge on any atom is -0.466 e. The molecule has 2 amide bonds. The Labute approximate surface area is 138 Å². The number of hydrogen-bond acceptors (Lipinski definition) is 4. The first-order chi connectivity index (χ1) is 10.8. The van der Waals surface area contributed by atoms with Gasteiger partial charge in [-0.05, 0) is 40.4 Å². The van der Waals surface area contributed by atoms with Crippen LogP contribution in [0.4, 0.5) is 0 Å². The maximum atomic E-state index is 12.6. The molecule has 0 saturated heterocycles. The Balaban J connectivity index is 2.56. The Morgan fingerprint density at radius 2 is 1.87 bits per heavy atom. The van der Waals surface area contributed by atoms with Crippen molar-refractivity contribution in [1.29, 1.82) is 0 Å². The Hall–Kier alpha value is -1.82. The number of furan rings is 1. The third kappa shape index (κ3) is 6.44. The summed E-state index contributed by atoms with van der Waals surface area (Å²) >= 11 is 0. The van der Waals surface area contributed by atoms with Gasteiger partial charge in [0, 0.05) is 32.6 Å². The maximum Gasteiger partial charge on any atom is 0.257 e. The van der Waals surface area contributed by atoms with E-state index in [0.717, 1.165) is 18.7 Å². The summed E-state index contributed by atoms with van der Waals surface area (Å²) in [5.41, 5.74) is 0.587. The molecule has 1 aromatic heterocycles. The summed E-state index contributed by atoms with van der Waals surface area (Å²) in [5, 5.41) is 2.87. The fraction of sp³-hybridized carbons (Fsp3) is 0.647. The number of hydrogen-bond donors (Lipinski definition) is 1. The SMILES string of the molecule is CCCN(CCC(=O)NCCN(C)C)C(=O)c1cc(C)oc1C. The molecule has 0 spiro atoms. The van der Waals surface area contributed by atoms with Gasteiger partial charge < -0.3 is 19.5 Å². The first-order valence-corrected chi connectivity index (χ1v) is 8.12. The molecule has 0 aromatic carbocycles. The molecule has 1 N–H and O–H groups in total. The van der Waals surface area contributed by atoms with Gasteiger partial charge >= 0.3 is 0 Å². The van der Waals surface area contributed by atoms with Crippen LogP contribution < -0.4 is 5.32 Å². The molecule has 1 aromatic rings. The van der Waals surface area contributed by atoms with Crippen molar-refractivity contribution in [2.45, 2.75) is 33.6 Å². The van der Waals surface area contributed by atoms with Crippen LogP contribution in [0.25, 0.3) is 0 Å². The number of likely N-dealkylation sites (N-methyl/N-ethyl adjacent to an activating group) is 1. The maximum absolute atomic E-state index is 12.6. The Morgan fingerprint density at radius 1 is 1.17 bits per heavy atom. The molecule has 1 rings (SSSR count). The van der Waals surface area contributed by atoms with Gasteiger partial charge in [-0.1, -0.05) is 6.92 Å². The highest BCUT2D eigenvalue weighted by Gasteiger charge is 2.20. The van der Waals surface area contributed by atoms with Crippen LogP contribution in [0.1, 0.15) is 41.6 Å². The van der Waals surface area contributed by atoms with Crippen molar-refractivity contribution in [3.63, 3.8) is 0 Å². The minimum absolute atomic E-state index is 0.0270. The van der Waals surface area contributed by atoms with Crippen LogP contribution in [-0.2, 0) is 4.79 Å². The molecule has 0 fully saturated rings. The molecule has 0 aliphatic rings. The zero-order valence-corrected chi connectivity index (χ0v) is 14.9. The third-order valence-corrected chi connectivity index (χ3v) is 3.54. The standard InChI is InChI=1S/C17H29N3O3/c1-6-9-20(10-7-16(21)18-8-11-19(4)5)17(22)15-12-13(2)23-14(15)3/h12H,6-11H2,1-5H3,(H,18,21). The Bertz CT molecular complexity index is 523. The molecule has 0 atom stereocenters. The number of rotatable bonds is 9. The van der Waals surface area contributed by atoms with E-state index < -0.39 is 0 Å². The van der Waals surface area contributed by atoms with E-state index in [9.17, 15) is 9.59 Å². The van der Waals surface area contributed by atoms with E-state index in [1.165, 1.54) is 0 Å². The molecule has 0 saturated carbocycles. The summed E-state index contributed by atoms with van der Waals surface area (Å²) < 4.78 is 5.43. The second-order valence-corrected chi connectivity index (χ2v) is 6.02. The van der Waals surface area contributed by atoms with Crippen molar-refractivity contribution in [2.75, 3.05) is 40.3 Å². The number of carbonyl (C=O) groups excluding carboxylic acids is 2. The zero-order chi connectivity index (χ0) is 17.4. The molecule has 0 aliphatic carbocycles. The normalized spacial score (nSPS) is 10.9. The summed E-state index contributed by atoms with van der Waals surface area (Å²) in [7, 11) is 3.92. The highest BCUT2D eigenvalue weighted by molar-refractivity contribution is 5.95. The smallest absolute Gasteiger partial charge is 0.257 e. The summed E-state index contributed by atoms with van der Waals surface area (Å²) in [5.74, 6) is 1.26. The van der Waals surface area contributed by atoms with Gasteiger partial charge in [0.15, 0.2) is 0 Å². The van der Waals surface area contributed by atoms with Crippen molar-refractivity contribution >= 4 is 11.8 Å². The number of nitrogens with one attached hydrogen (secondary N) is 1. The van der Waals surface area contributed by atoms with Crippen molar-refractivity contribution in [3.8, 4) is 0 Å². The summed E-state index contributed by atoms with van der Waals surface area (Å²) in [6.45, 7) is 8.11. The van der Waals surface area contributed by atoms with Crippen molar-refractivity contribution in [1.82, 2.24) is 15.1 Å². The van der Waals surface area contributed by atoms with Gasteiger partial charge in [-0.2, -0.15) is 0 Å². The van der Waals surface area contributed by atoms with Crippen molar-refractivity contribution < 1.29 is 14.0 Å². The first kappa shape index (κ1) is 19.2. The molecule has 6 heteroatoms. The van der Waals surface area contributed by atoms with Crippen LogP contribution in [-0.4, -0.2) is 61.9 Å². The van der Waals surface area contributed by atoms with Crippen LogP contribution in [0.3, 0.4) is 0 Å². The van der Waals surface area contributed by atoms with Gasteiger partial charge in [-0.15, -0.1) is 0 Å². The second kappa shape index (κ2) is 9.35. The summed E-state index contributed by atoms with van der Waals surface area (Å²) in [4.78, 5) is 28.2. The van der Waals surface area contributed by atoms with E-state index in [-0.39, 0.29) is 11.8 Å². The zero-order valence-electron chi connectivity index (χ0n) is 14.9. The van der Waals surface area contributed by atoms with Gasteiger partial charge in [-0.3, -0.25) is 9.59 Å². The van der Waals surface area contributed by atoms with E-state index in [0.29, 0.717) is 37.4 Å². The minimum atomic E-state index is -0.0673. The Kier molecular flexibility index (Phi) is 7.81. The van der Waals surface area contributed by atoms with Crippen LogP contribution in [0.15, 0.2) is 10.5 Å². The molecular weight excluding hydrogens is 294 g/mol. The summed E-state index contributed by atoms with van der Waals surface area (Å²) in [6, 6.07) is 1.76. The molecule has 130 valence electrons. The van der Waals surface area contributed by atoms with E-state index in [1.807, 2.05) is 32.8 Å². The molecule has 0 bridgehead atoms. The topological polar surface area (TPSA) is 65.8 Å². The lowest BCUT2D eigenvalue weighted by Gasteiger charge is -2.21. The predicted octanol–water partition coefficient (Wildman–Crippen LogP) is 1.82. The molecule has 0 unspecified atom stereocenters. The van der Waals surface area contributed by atoms with Crippen LogP contribution in [0, 0.1) is 13.8 Å². The highest BCUT2D eigenvalue weighted by atomic mass is 16.3. The molecule has 0 radical (unpaired) electrons. The van der Waals surface area contributed by atoms with Crippen LogP contribution in [0.2, 0.25) is 0 Å². The average molecular weight is 323 g/mol. The lowest BCUT2D eigenvalue weighted by atomic mass is 10.2. The van der Waals surface area contributed by atoms with Crippen molar-refractivity contribution in [3.05, 3.63) is 23.2 Å². The van der Waals surface area contributed by atoms with E-state index in [4.69, 9.17) is 4.42 Å². The lowest BCUT2D eigenvalue weighted by molar-refractivity contribution is -0.121. The number of aryl methyl sites for hydroxylation is 2. The second-order valence-electron chi connectivity index (χ2n) is 6.02. The Morgan fingerprint density at radius 3 is 2.39 bits per heavy atom. The van der Waals surface area contributed by atoms with Crippen molar-refractivity contribution in [2.24, 2.45) is 0 Å². The fourth-order valence-electron chi connectivity index (χ4n) is 2.34. The number of amides is 2. The van der Waals surface area contributed by atoms with Gasteiger partial charge in [0.25, 0.3) is 5.91 Å². The summed E-state index contributed by atoms with van der Waals surface area (Å²) in [6.07, 6.45) is 1.17. The molecule has 23 heavy (non-hydrogen) atoms. The fourth-order valence-corrected chi connectivity index (χ4v) is 2.34. The van der Waals surface area contributed by atoms with E-state index in [1.54, 1.807) is 17.9 Å². The van der Waals surface area contributed by atoms with Gasteiger partial charge in [0.2, 0.25) is 5.91 Å². The molecular formula is C17H29N3O3. The van der Waals surface area contributed by atoms with Gasteiger partial charge in [-0.25, -0.2) is 0 Å². The van der Waals surface area contributed by atoms with Gasteiger partial charge in [0.05, 0.1) is 5.56 Å². The number of carbonyl (C=O) groups is 2. The largest absolute Gasteiger partial charge is 0.466 e. The number of nitrogens with zero attached hydrogens (tertiary/aromatic N) is 2. The predicted molar refractivity (Wildman–Crippen MR) is 90.6 cm³/mol. The molecule has 0 aliphatic heterocycles. The monoisotopic (exact) mass is 323 g/mol. The molecule has 6 nitrogen and oxygen atoms in total. The third-order valence-electron chi connectivity index (χ3n) is 3.54. The van der Waals surface area contributed by atoms with Gasteiger partial charge in [0.1, 0.15) is 11.5 Å². The lowest BCUT2D eigenvalue weighted by Crippen LogP contribution is -2.37. The van der Waals surface area contributed by atoms with Crippen LogP contribution in [0.5, 0.6) is 0 Å².